The van der Waals surface area contributed by atoms with E-state index in [1.54, 1.807) is 14.2 Å². The highest BCUT2D eigenvalue weighted by Crippen LogP contribution is 2.30. The van der Waals surface area contributed by atoms with Crippen LogP contribution in [0.15, 0.2) is 48.5 Å². The van der Waals surface area contributed by atoms with Gasteiger partial charge in [-0.05, 0) is 42.0 Å². The predicted molar refractivity (Wildman–Crippen MR) is 76.8 cm³/mol. The van der Waals surface area contributed by atoms with E-state index in [0.717, 1.165) is 33.7 Å². The number of para-hydroxylation sites is 1. The molecular weight excluding hydrogens is 238 g/mol. The Balaban J connectivity index is 2.09. The summed E-state index contributed by atoms with van der Waals surface area (Å²) >= 11 is 0. The number of aromatic amines is 1. The van der Waals surface area contributed by atoms with Crippen LogP contribution in [0.4, 0.5) is 0 Å². The van der Waals surface area contributed by atoms with E-state index < -0.39 is 0 Å². The van der Waals surface area contributed by atoms with Crippen LogP contribution in [0.5, 0.6) is 11.5 Å². The Bertz CT molecular complexity index is 698. The van der Waals surface area contributed by atoms with Crippen LogP contribution in [0, 0.1) is 0 Å². The Morgan fingerprint density at radius 2 is 1.68 bits per heavy atom. The van der Waals surface area contributed by atoms with Crippen LogP contribution in [0.1, 0.15) is 0 Å². The van der Waals surface area contributed by atoms with Crippen LogP contribution in [0.25, 0.3) is 22.2 Å². The molecule has 3 nitrogen and oxygen atoms in total. The Kier molecular flexibility index (Phi) is 2.88. The third-order valence-corrected chi connectivity index (χ3v) is 3.24. The SMILES string of the molecule is COc1ccc(-c2cc3cccc(OC)c3[nH]2)cc1. The van der Waals surface area contributed by atoms with Gasteiger partial charge in [0.15, 0.2) is 0 Å². The van der Waals surface area contributed by atoms with Crippen molar-refractivity contribution in [1.82, 2.24) is 4.98 Å². The Hall–Kier alpha value is -2.42. The summed E-state index contributed by atoms with van der Waals surface area (Å²) < 4.78 is 10.5. The molecular formula is C16H15NO2. The number of ether oxygens (including phenoxy) is 2. The quantitative estimate of drug-likeness (QED) is 0.769. The van der Waals surface area contributed by atoms with Gasteiger partial charge >= 0.3 is 0 Å². The van der Waals surface area contributed by atoms with Gasteiger partial charge < -0.3 is 14.5 Å². The minimum Gasteiger partial charge on any atom is -0.497 e. The Morgan fingerprint density at radius 3 is 2.37 bits per heavy atom. The summed E-state index contributed by atoms with van der Waals surface area (Å²) in [6.07, 6.45) is 0. The van der Waals surface area contributed by atoms with E-state index in [2.05, 4.69) is 17.1 Å². The molecule has 1 heterocycles. The molecule has 0 aliphatic rings. The average Bonchev–Trinajstić information content (AvgIpc) is 2.91. The first-order chi connectivity index (χ1) is 9.31. The van der Waals surface area contributed by atoms with Crippen LogP contribution in [-0.2, 0) is 0 Å². The summed E-state index contributed by atoms with van der Waals surface area (Å²) in [5, 5.41) is 1.14. The van der Waals surface area contributed by atoms with Gasteiger partial charge in [0.25, 0.3) is 0 Å². The van der Waals surface area contributed by atoms with Gasteiger partial charge in [0.05, 0.1) is 19.7 Å². The molecule has 0 aliphatic heterocycles. The predicted octanol–water partition coefficient (Wildman–Crippen LogP) is 3.85. The van der Waals surface area contributed by atoms with Gasteiger partial charge in [0.1, 0.15) is 11.5 Å². The zero-order valence-electron chi connectivity index (χ0n) is 10.9. The topological polar surface area (TPSA) is 34.2 Å². The molecule has 3 rings (SSSR count). The molecule has 3 aromatic rings. The van der Waals surface area contributed by atoms with Crippen molar-refractivity contribution in [3.05, 3.63) is 48.5 Å². The van der Waals surface area contributed by atoms with E-state index in [1.807, 2.05) is 36.4 Å². The molecule has 19 heavy (non-hydrogen) atoms. The van der Waals surface area contributed by atoms with Crippen LogP contribution in [0.3, 0.4) is 0 Å². The van der Waals surface area contributed by atoms with Gasteiger partial charge in [-0.25, -0.2) is 0 Å². The molecule has 0 amide bonds. The lowest BCUT2D eigenvalue weighted by atomic mass is 10.1. The molecule has 0 bridgehead atoms. The molecule has 0 radical (unpaired) electrons. The highest BCUT2D eigenvalue weighted by molar-refractivity contribution is 5.90. The van der Waals surface area contributed by atoms with Crippen LogP contribution in [0.2, 0.25) is 0 Å². The summed E-state index contributed by atoms with van der Waals surface area (Å²) in [6, 6.07) is 16.1. The number of nitrogens with one attached hydrogen (secondary N) is 1. The summed E-state index contributed by atoms with van der Waals surface area (Å²) in [5.41, 5.74) is 3.22. The van der Waals surface area contributed by atoms with Gasteiger partial charge in [-0.15, -0.1) is 0 Å². The van der Waals surface area contributed by atoms with Crippen molar-refractivity contribution in [3.8, 4) is 22.8 Å². The van der Waals surface area contributed by atoms with Crippen molar-refractivity contribution < 1.29 is 9.47 Å². The maximum Gasteiger partial charge on any atom is 0.142 e. The molecule has 0 fully saturated rings. The first-order valence-corrected chi connectivity index (χ1v) is 6.12. The molecule has 3 heteroatoms. The number of hydrogen-bond acceptors (Lipinski definition) is 2. The number of fused-ring (bicyclic) bond motifs is 1. The highest BCUT2D eigenvalue weighted by atomic mass is 16.5. The molecule has 0 aliphatic carbocycles. The minimum absolute atomic E-state index is 0.859. The highest BCUT2D eigenvalue weighted by Gasteiger charge is 2.07. The van der Waals surface area contributed by atoms with E-state index in [1.165, 1.54) is 0 Å². The van der Waals surface area contributed by atoms with Crippen molar-refractivity contribution in [3.63, 3.8) is 0 Å². The maximum atomic E-state index is 5.36. The van der Waals surface area contributed by atoms with Crippen LogP contribution >= 0.6 is 0 Å². The van der Waals surface area contributed by atoms with Crippen molar-refractivity contribution in [2.24, 2.45) is 0 Å². The summed E-state index contributed by atoms with van der Waals surface area (Å²) in [6.45, 7) is 0. The second-order valence-corrected chi connectivity index (χ2v) is 4.34. The molecule has 1 aromatic heterocycles. The van der Waals surface area contributed by atoms with Crippen molar-refractivity contribution in [1.29, 1.82) is 0 Å². The zero-order chi connectivity index (χ0) is 13.2. The van der Waals surface area contributed by atoms with Crippen molar-refractivity contribution >= 4 is 10.9 Å². The number of rotatable bonds is 3. The van der Waals surface area contributed by atoms with E-state index in [-0.39, 0.29) is 0 Å². The van der Waals surface area contributed by atoms with Gasteiger partial charge in [0.2, 0.25) is 0 Å². The second kappa shape index (κ2) is 4.69. The van der Waals surface area contributed by atoms with E-state index in [9.17, 15) is 0 Å². The third-order valence-electron chi connectivity index (χ3n) is 3.24. The summed E-state index contributed by atoms with van der Waals surface area (Å²) in [5.74, 6) is 1.72. The van der Waals surface area contributed by atoms with Gasteiger partial charge in [0, 0.05) is 11.1 Å². The molecule has 0 atom stereocenters. The van der Waals surface area contributed by atoms with E-state index >= 15 is 0 Å². The monoisotopic (exact) mass is 253 g/mol. The first-order valence-electron chi connectivity index (χ1n) is 6.12. The molecule has 2 aromatic carbocycles. The first kappa shape index (κ1) is 11.7. The lowest BCUT2D eigenvalue weighted by Gasteiger charge is -2.02. The standard InChI is InChI=1S/C16H15NO2/c1-18-13-8-6-11(7-9-13)14-10-12-4-3-5-15(19-2)16(12)17-14/h3-10,17H,1-2H3. The molecule has 96 valence electrons. The van der Waals surface area contributed by atoms with Gasteiger partial charge in [-0.1, -0.05) is 12.1 Å². The third kappa shape index (κ3) is 2.03. The molecule has 0 saturated carbocycles. The molecule has 0 saturated heterocycles. The van der Waals surface area contributed by atoms with Gasteiger partial charge in [-0.2, -0.15) is 0 Å². The average molecular weight is 253 g/mol. The second-order valence-electron chi connectivity index (χ2n) is 4.34. The smallest absolute Gasteiger partial charge is 0.142 e. The van der Waals surface area contributed by atoms with E-state index in [0.29, 0.717) is 0 Å². The normalized spacial score (nSPS) is 10.6. The number of H-pyrrole nitrogens is 1. The largest absolute Gasteiger partial charge is 0.497 e. The molecule has 0 unspecified atom stereocenters. The maximum absolute atomic E-state index is 5.36. The molecule has 1 N–H and O–H groups in total. The van der Waals surface area contributed by atoms with Crippen LogP contribution < -0.4 is 9.47 Å². The number of methoxy groups -OCH3 is 2. The number of benzene rings is 2. The lowest BCUT2D eigenvalue weighted by Crippen LogP contribution is -1.84. The Morgan fingerprint density at radius 1 is 0.895 bits per heavy atom. The fraction of sp³-hybridized carbons (Fsp3) is 0.125. The van der Waals surface area contributed by atoms with E-state index in [4.69, 9.17) is 9.47 Å². The van der Waals surface area contributed by atoms with Crippen molar-refractivity contribution in [2.75, 3.05) is 14.2 Å². The minimum atomic E-state index is 0.859. The zero-order valence-corrected chi connectivity index (χ0v) is 10.9. The fourth-order valence-corrected chi connectivity index (χ4v) is 2.22. The number of aromatic nitrogens is 1. The fourth-order valence-electron chi connectivity index (χ4n) is 2.22. The number of hydrogen-bond donors (Lipinski definition) is 1. The summed E-state index contributed by atoms with van der Waals surface area (Å²) in [4.78, 5) is 3.40. The lowest BCUT2D eigenvalue weighted by molar-refractivity contribution is 0.415. The summed E-state index contributed by atoms with van der Waals surface area (Å²) in [7, 11) is 3.35. The molecule has 0 spiro atoms. The van der Waals surface area contributed by atoms with Crippen LogP contribution in [-0.4, -0.2) is 19.2 Å². The van der Waals surface area contributed by atoms with Crippen molar-refractivity contribution in [2.45, 2.75) is 0 Å². The van der Waals surface area contributed by atoms with Gasteiger partial charge in [-0.3, -0.25) is 0 Å². The Labute approximate surface area is 111 Å².